The largest absolute Gasteiger partial charge is 0.476 e. The molecule has 0 aliphatic heterocycles. The van der Waals surface area contributed by atoms with Gasteiger partial charge in [0.25, 0.3) is 0 Å². The number of carbonyl (C=O) groups is 2. The van der Waals surface area contributed by atoms with E-state index in [1.807, 2.05) is 0 Å². The van der Waals surface area contributed by atoms with Crippen molar-refractivity contribution in [2.75, 3.05) is 7.11 Å². The molecule has 0 saturated heterocycles. The first kappa shape index (κ1) is 13.8. The Bertz CT molecular complexity index is 641. The van der Waals surface area contributed by atoms with E-state index in [9.17, 15) is 14.7 Å². The highest BCUT2D eigenvalue weighted by Crippen LogP contribution is 2.13. The van der Waals surface area contributed by atoms with E-state index in [0.29, 0.717) is 5.56 Å². The molecule has 1 aromatic heterocycles. The number of ketones is 1. The molecule has 2 aromatic rings. The number of carbonyl (C=O) groups excluding carboxylic acids is 1. The topological polar surface area (TPSA) is 89.4 Å². The minimum Gasteiger partial charge on any atom is -0.476 e. The first-order valence-electron chi connectivity index (χ1n) is 5.81. The molecule has 0 aliphatic rings. The zero-order valence-corrected chi connectivity index (χ0v) is 10.7. The number of carboxylic acids is 1. The van der Waals surface area contributed by atoms with Crippen LogP contribution in [0, 0.1) is 0 Å². The lowest BCUT2D eigenvalue weighted by molar-refractivity contribution is 0.0684. The van der Waals surface area contributed by atoms with Crippen molar-refractivity contribution in [3.63, 3.8) is 0 Å². The molecule has 0 aliphatic carbocycles. The van der Waals surface area contributed by atoms with E-state index in [1.165, 1.54) is 13.3 Å². The third kappa shape index (κ3) is 2.86. The van der Waals surface area contributed by atoms with E-state index >= 15 is 0 Å². The fourth-order valence-electron chi connectivity index (χ4n) is 1.69. The highest BCUT2D eigenvalue weighted by molar-refractivity contribution is 6.13. The minimum atomic E-state index is -1.27. The van der Waals surface area contributed by atoms with E-state index in [-0.39, 0.29) is 23.7 Å². The van der Waals surface area contributed by atoms with Crippen molar-refractivity contribution < 1.29 is 19.4 Å². The number of hydrogen-bond donors (Lipinski definition) is 1. The highest BCUT2D eigenvalue weighted by Gasteiger charge is 2.20. The summed E-state index contributed by atoms with van der Waals surface area (Å²) in [7, 11) is 1.45. The third-order valence-electron chi connectivity index (χ3n) is 2.60. The predicted molar refractivity (Wildman–Crippen MR) is 69.6 cm³/mol. The summed E-state index contributed by atoms with van der Waals surface area (Å²) in [6.45, 7) is 0.0834. The van der Waals surface area contributed by atoms with Crippen molar-refractivity contribution in [3.05, 3.63) is 59.2 Å². The number of benzene rings is 1. The van der Waals surface area contributed by atoms with Crippen molar-refractivity contribution in [1.29, 1.82) is 0 Å². The molecule has 20 heavy (non-hydrogen) atoms. The lowest BCUT2D eigenvalue weighted by Crippen LogP contribution is -2.15. The molecular formula is C14H12N2O4. The first-order chi connectivity index (χ1) is 9.63. The second-order valence-electron chi connectivity index (χ2n) is 3.98. The van der Waals surface area contributed by atoms with Gasteiger partial charge in [-0.1, -0.05) is 30.3 Å². The van der Waals surface area contributed by atoms with Crippen LogP contribution in [0.15, 0.2) is 36.5 Å². The number of hydrogen-bond acceptors (Lipinski definition) is 5. The maximum atomic E-state index is 12.3. The summed E-state index contributed by atoms with van der Waals surface area (Å²) < 4.78 is 4.84. The Hall–Kier alpha value is -2.60. The molecule has 0 amide bonds. The molecule has 0 unspecified atom stereocenters. The van der Waals surface area contributed by atoms with Gasteiger partial charge in [-0.05, 0) is 0 Å². The Morgan fingerprint density at radius 1 is 1.25 bits per heavy atom. The van der Waals surface area contributed by atoms with E-state index in [4.69, 9.17) is 4.74 Å². The van der Waals surface area contributed by atoms with Gasteiger partial charge in [0.2, 0.25) is 0 Å². The molecule has 0 bridgehead atoms. The summed E-state index contributed by atoms with van der Waals surface area (Å²) in [6.07, 6.45) is 1.22. The van der Waals surface area contributed by atoms with Crippen LogP contribution in [-0.2, 0) is 11.3 Å². The second kappa shape index (κ2) is 6.03. The summed E-state index contributed by atoms with van der Waals surface area (Å²) in [4.78, 5) is 31.3. The van der Waals surface area contributed by atoms with Gasteiger partial charge >= 0.3 is 5.97 Å². The molecule has 2 rings (SSSR count). The van der Waals surface area contributed by atoms with Crippen LogP contribution in [0.5, 0.6) is 0 Å². The van der Waals surface area contributed by atoms with Crippen LogP contribution in [0.1, 0.15) is 32.2 Å². The Balaban J connectivity index is 2.46. The number of aromatic nitrogens is 2. The van der Waals surface area contributed by atoms with Crippen LogP contribution in [-0.4, -0.2) is 33.9 Å². The van der Waals surface area contributed by atoms with Gasteiger partial charge in [-0.25, -0.2) is 14.8 Å². The molecular weight excluding hydrogens is 260 g/mol. The Morgan fingerprint density at radius 2 is 1.95 bits per heavy atom. The van der Waals surface area contributed by atoms with Crippen LogP contribution in [0.3, 0.4) is 0 Å². The molecule has 6 nitrogen and oxygen atoms in total. The summed E-state index contributed by atoms with van der Waals surface area (Å²) in [5, 5.41) is 9.17. The zero-order valence-electron chi connectivity index (χ0n) is 10.7. The van der Waals surface area contributed by atoms with Gasteiger partial charge in [0.15, 0.2) is 17.3 Å². The molecule has 0 atom stereocenters. The van der Waals surface area contributed by atoms with Gasteiger partial charge in [0.1, 0.15) is 6.61 Å². The number of carboxylic acid groups (broad SMARTS) is 1. The van der Waals surface area contributed by atoms with Crippen LogP contribution in [0.4, 0.5) is 0 Å². The number of aromatic carboxylic acids is 1. The molecule has 0 saturated carbocycles. The molecule has 0 radical (unpaired) electrons. The van der Waals surface area contributed by atoms with Gasteiger partial charge in [0.05, 0.1) is 5.56 Å². The van der Waals surface area contributed by atoms with Crippen molar-refractivity contribution >= 4 is 11.8 Å². The zero-order chi connectivity index (χ0) is 14.5. The highest BCUT2D eigenvalue weighted by atomic mass is 16.5. The molecule has 102 valence electrons. The SMILES string of the molecule is COCc1ncc(C(=O)c2ccccc2)c(C(=O)O)n1. The van der Waals surface area contributed by atoms with E-state index in [0.717, 1.165) is 0 Å². The van der Waals surface area contributed by atoms with E-state index in [1.54, 1.807) is 30.3 Å². The summed E-state index contributed by atoms with van der Waals surface area (Å²) in [6, 6.07) is 8.39. The number of ether oxygens (including phenoxy) is 1. The maximum absolute atomic E-state index is 12.3. The van der Waals surface area contributed by atoms with Crippen molar-refractivity contribution in [2.24, 2.45) is 0 Å². The van der Waals surface area contributed by atoms with Gasteiger partial charge in [-0.15, -0.1) is 0 Å². The van der Waals surface area contributed by atoms with Crippen molar-refractivity contribution in [3.8, 4) is 0 Å². The Labute approximate surface area is 115 Å². The molecule has 6 heteroatoms. The summed E-state index contributed by atoms with van der Waals surface area (Å²) in [5.74, 6) is -1.48. The number of methoxy groups -OCH3 is 1. The third-order valence-corrected chi connectivity index (χ3v) is 2.60. The van der Waals surface area contributed by atoms with Gasteiger partial charge in [0, 0.05) is 18.9 Å². The average Bonchev–Trinajstić information content (AvgIpc) is 2.47. The maximum Gasteiger partial charge on any atom is 0.355 e. The van der Waals surface area contributed by atoms with Crippen molar-refractivity contribution in [2.45, 2.75) is 6.61 Å². The van der Waals surface area contributed by atoms with Gasteiger partial charge in [-0.3, -0.25) is 4.79 Å². The van der Waals surface area contributed by atoms with Gasteiger partial charge < -0.3 is 9.84 Å². The van der Waals surface area contributed by atoms with E-state index < -0.39 is 11.8 Å². The molecule has 1 aromatic carbocycles. The summed E-state index contributed by atoms with van der Waals surface area (Å²) >= 11 is 0. The predicted octanol–water partition coefficient (Wildman–Crippen LogP) is 1.55. The molecule has 0 spiro atoms. The lowest BCUT2D eigenvalue weighted by atomic mass is 10.0. The second-order valence-corrected chi connectivity index (χ2v) is 3.98. The smallest absolute Gasteiger partial charge is 0.355 e. The van der Waals surface area contributed by atoms with Crippen molar-refractivity contribution in [1.82, 2.24) is 9.97 Å². The fraction of sp³-hybridized carbons (Fsp3) is 0.143. The summed E-state index contributed by atoms with van der Waals surface area (Å²) in [5.41, 5.74) is 0.0301. The minimum absolute atomic E-state index is 0.0384. The number of nitrogens with zero attached hydrogens (tertiary/aromatic N) is 2. The number of rotatable bonds is 5. The average molecular weight is 272 g/mol. The molecule has 0 fully saturated rings. The van der Waals surface area contributed by atoms with Crippen LogP contribution in [0.25, 0.3) is 0 Å². The van der Waals surface area contributed by atoms with Gasteiger partial charge in [-0.2, -0.15) is 0 Å². The monoisotopic (exact) mass is 272 g/mol. The molecule has 1 heterocycles. The first-order valence-corrected chi connectivity index (χ1v) is 5.81. The fourth-order valence-corrected chi connectivity index (χ4v) is 1.69. The van der Waals surface area contributed by atoms with Crippen LogP contribution in [0.2, 0.25) is 0 Å². The standard InChI is InChI=1S/C14H12N2O4/c1-20-8-11-15-7-10(12(16-11)14(18)19)13(17)9-5-3-2-4-6-9/h2-7H,8H2,1H3,(H,18,19). The van der Waals surface area contributed by atoms with Crippen LogP contribution < -0.4 is 0 Å². The Kier molecular flexibility index (Phi) is 4.17. The lowest BCUT2D eigenvalue weighted by Gasteiger charge is -2.06. The van der Waals surface area contributed by atoms with Crippen LogP contribution >= 0.6 is 0 Å². The van der Waals surface area contributed by atoms with E-state index in [2.05, 4.69) is 9.97 Å². The Morgan fingerprint density at radius 3 is 2.55 bits per heavy atom. The molecule has 1 N–H and O–H groups in total. The normalized spacial score (nSPS) is 10.2. The quantitative estimate of drug-likeness (QED) is 0.831.